The number of halogens is 3. The van der Waals surface area contributed by atoms with Gasteiger partial charge in [-0.25, -0.2) is 4.39 Å². The largest absolute Gasteiger partial charge is 0.437 e. The second-order valence-electron chi connectivity index (χ2n) is 8.19. The molecule has 0 spiro atoms. The van der Waals surface area contributed by atoms with Crippen LogP contribution in [0, 0.1) is 0 Å². The van der Waals surface area contributed by atoms with Crippen molar-refractivity contribution in [1.82, 2.24) is 15.5 Å². The highest BCUT2D eigenvalue weighted by molar-refractivity contribution is 6.31. The molecule has 1 aromatic heterocycles. The summed E-state index contributed by atoms with van der Waals surface area (Å²) in [5, 5.41) is 12.3. The van der Waals surface area contributed by atoms with E-state index in [1.165, 1.54) is 0 Å². The number of ether oxygens (including phenoxy) is 1. The van der Waals surface area contributed by atoms with E-state index in [4.69, 9.17) is 27.9 Å². The Hall–Kier alpha value is -3.22. The monoisotopic (exact) mass is 495 g/mol. The molecule has 1 saturated carbocycles. The van der Waals surface area contributed by atoms with Crippen LogP contribution >= 0.6 is 23.2 Å². The molecule has 1 heterocycles. The molecule has 0 unspecified atom stereocenters. The molecule has 8 heteroatoms. The molecule has 0 saturated heterocycles. The number of aromatic nitrogens is 2. The van der Waals surface area contributed by atoms with Crippen molar-refractivity contribution in [3.63, 3.8) is 0 Å². The van der Waals surface area contributed by atoms with Gasteiger partial charge in [0.15, 0.2) is 0 Å². The van der Waals surface area contributed by atoms with Crippen molar-refractivity contribution in [1.29, 1.82) is 0 Å². The van der Waals surface area contributed by atoms with Gasteiger partial charge in [-0.3, -0.25) is 4.79 Å². The Bertz CT molecular complexity index is 1380. The molecule has 5 nitrogen and oxygen atoms in total. The second kappa shape index (κ2) is 9.57. The zero-order valence-electron chi connectivity index (χ0n) is 18.0. The summed E-state index contributed by atoms with van der Waals surface area (Å²) in [6, 6.07) is 19.2. The van der Waals surface area contributed by atoms with Gasteiger partial charge in [0.25, 0.3) is 11.8 Å². The fourth-order valence-corrected chi connectivity index (χ4v) is 4.31. The van der Waals surface area contributed by atoms with E-state index in [2.05, 4.69) is 15.5 Å². The van der Waals surface area contributed by atoms with Crippen molar-refractivity contribution in [3.8, 4) is 11.6 Å². The van der Waals surface area contributed by atoms with E-state index in [0.29, 0.717) is 38.2 Å². The molecule has 34 heavy (non-hydrogen) atoms. The molecule has 0 radical (unpaired) electrons. The first-order valence-electron chi connectivity index (χ1n) is 10.9. The van der Waals surface area contributed by atoms with Gasteiger partial charge in [-0.1, -0.05) is 59.6 Å². The number of nitrogens with zero attached hydrogens (tertiary/aromatic N) is 2. The Morgan fingerprint density at radius 3 is 2.65 bits per heavy atom. The van der Waals surface area contributed by atoms with Crippen LogP contribution in [0.2, 0.25) is 10.0 Å². The molecule has 1 atom stereocenters. The normalized spacial score (nSPS) is 14.1. The highest BCUT2D eigenvalue weighted by Gasteiger charge is 2.26. The van der Waals surface area contributed by atoms with Crippen molar-refractivity contribution in [3.05, 3.63) is 93.5 Å². The number of alkyl halides is 1. The number of rotatable bonds is 7. The molecule has 172 valence electrons. The smallest absolute Gasteiger partial charge is 0.257 e. The van der Waals surface area contributed by atoms with Crippen LogP contribution in [0.1, 0.15) is 46.4 Å². The van der Waals surface area contributed by atoms with Crippen LogP contribution in [0.5, 0.6) is 11.6 Å². The van der Waals surface area contributed by atoms with Gasteiger partial charge in [-0.05, 0) is 54.7 Å². The van der Waals surface area contributed by atoms with Crippen LogP contribution in [0.3, 0.4) is 0 Å². The second-order valence-corrected chi connectivity index (χ2v) is 9.03. The highest BCUT2D eigenvalue weighted by atomic mass is 35.5. The van der Waals surface area contributed by atoms with Crippen molar-refractivity contribution < 1.29 is 13.9 Å². The van der Waals surface area contributed by atoms with E-state index in [0.717, 1.165) is 18.4 Å². The zero-order chi connectivity index (χ0) is 23.7. The molecule has 5 rings (SSSR count). The van der Waals surface area contributed by atoms with Crippen molar-refractivity contribution in [2.75, 3.05) is 6.54 Å². The molecule has 1 N–H and O–H groups in total. The standard InChI is InChI=1S/C26H20Cl2FN3O2/c27-17-4-3-5-18(13-17)34-26-24(20-6-1-2-7-23(20)31-32-26)25(33)30-14-22(29)19-11-10-16(12-21(19)28)15-8-9-15/h1-7,10-13,15,22H,8-9,14H2,(H,30,33)/t22-/m0/s1. The van der Waals surface area contributed by atoms with Crippen molar-refractivity contribution >= 4 is 40.0 Å². The number of carbonyl (C=O) groups is 1. The van der Waals surface area contributed by atoms with Crippen LogP contribution < -0.4 is 10.1 Å². The fourth-order valence-electron chi connectivity index (χ4n) is 3.82. The van der Waals surface area contributed by atoms with Gasteiger partial charge in [0.2, 0.25) is 0 Å². The lowest BCUT2D eigenvalue weighted by Gasteiger charge is -2.15. The Balaban J connectivity index is 1.39. The summed E-state index contributed by atoms with van der Waals surface area (Å²) in [4.78, 5) is 13.2. The predicted octanol–water partition coefficient (Wildman–Crippen LogP) is 7.05. The SMILES string of the molecule is O=C(NC[C@H](F)c1ccc(C2CC2)cc1Cl)c1c(Oc2cccc(Cl)c2)nnc2ccccc12. The van der Waals surface area contributed by atoms with E-state index >= 15 is 4.39 Å². The summed E-state index contributed by atoms with van der Waals surface area (Å²) in [7, 11) is 0. The van der Waals surface area contributed by atoms with Crippen LogP contribution in [0.15, 0.2) is 66.7 Å². The van der Waals surface area contributed by atoms with E-state index in [1.807, 2.05) is 12.1 Å². The summed E-state index contributed by atoms with van der Waals surface area (Å²) < 4.78 is 20.9. The van der Waals surface area contributed by atoms with Gasteiger partial charge in [0.1, 0.15) is 17.5 Å². The molecule has 1 aliphatic rings. The highest BCUT2D eigenvalue weighted by Crippen LogP contribution is 2.42. The van der Waals surface area contributed by atoms with E-state index in [1.54, 1.807) is 54.6 Å². The minimum Gasteiger partial charge on any atom is -0.437 e. The zero-order valence-corrected chi connectivity index (χ0v) is 19.5. The van der Waals surface area contributed by atoms with Gasteiger partial charge in [0.05, 0.1) is 12.1 Å². The molecule has 0 bridgehead atoms. The molecule has 1 aliphatic carbocycles. The molecule has 0 aliphatic heterocycles. The Kier molecular flexibility index (Phi) is 6.35. The van der Waals surface area contributed by atoms with Gasteiger partial charge in [0, 0.05) is 21.0 Å². The Morgan fingerprint density at radius 1 is 1.06 bits per heavy atom. The Morgan fingerprint density at radius 2 is 1.88 bits per heavy atom. The minimum atomic E-state index is -1.47. The maximum Gasteiger partial charge on any atom is 0.257 e. The third kappa shape index (κ3) is 4.83. The van der Waals surface area contributed by atoms with Crippen LogP contribution in [-0.2, 0) is 0 Å². The number of hydrogen-bond acceptors (Lipinski definition) is 4. The number of amides is 1. The average Bonchev–Trinajstić information content (AvgIpc) is 3.68. The van der Waals surface area contributed by atoms with E-state index < -0.39 is 12.1 Å². The molecule has 3 aromatic carbocycles. The number of fused-ring (bicyclic) bond motifs is 1. The number of hydrogen-bond donors (Lipinski definition) is 1. The topological polar surface area (TPSA) is 64.1 Å². The van der Waals surface area contributed by atoms with E-state index in [9.17, 15) is 4.79 Å². The predicted molar refractivity (Wildman–Crippen MR) is 131 cm³/mol. The first-order chi connectivity index (χ1) is 16.5. The first-order valence-corrected chi connectivity index (χ1v) is 11.7. The number of carbonyl (C=O) groups excluding carboxylic acids is 1. The first kappa shape index (κ1) is 22.6. The maximum absolute atomic E-state index is 15.1. The van der Waals surface area contributed by atoms with Gasteiger partial charge >= 0.3 is 0 Å². The molecule has 1 amide bonds. The molecule has 4 aromatic rings. The number of nitrogens with one attached hydrogen (secondary N) is 1. The Labute approximate surface area is 205 Å². The van der Waals surface area contributed by atoms with E-state index in [-0.39, 0.29) is 18.0 Å². The van der Waals surface area contributed by atoms with Gasteiger partial charge in [-0.15, -0.1) is 10.2 Å². The average molecular weight is 496 g/mol. The summed E-state index contributed by atoms with van der Waals surface area (Å²) in [5.41, 5.74) is 2.15. The van der Waals surface area contributed by atoms with Crippen LogP contribution in [0.4, 0.5) is 4.39 Å². The number of benzene rings is 3. The lowest BCUT2D eigenvalue weighted by atomic mass is 10.0. The molecule has 1 fully saturated rings. The maximum atomic E-state index is 15.1. The lowest BCUT2D eigenvalue weighted by molar-refractivity contribution is 0.0940. The molecular formula is C26H20Cl2FN3O2. The summed E-state index contributed by atoms with van der Waals surface area (Å²) >= 11 is 12.4. The van der Waals surface area contributed by atoms with Crippen LogP contribution in [-0.4, -0.2) is 22.6 Å². The summed E-state index contributed by atoms with van der Waals surface area (Å²) in [6.07, 6.45) is 0.805. The fraction of sp³-hybridized carbons (Fsp3) is 0.192. The molecular weight excluding hydrogens is 476 g/mol. The van der Waals surface area contributed by atoms with Crippen molar-refractivity contribution in [2.45, 2.75) is 24.9 Å². The summed E-state index contributed by atoms with van der Waals surface area (Å²) in [6.45, 7) is -0.255. The minimum absolute atomic E-state index is 0.000642. The quantitative estimate of drug-likeness (QED) is 0.298. The van der Waals surface area contributed by atoms with Crippen molar-refractivity contribution in [2.24, 2.45) is 0 Å². The van der Waals surface area contributed by atoms with Crippen LogP contribution in [0.25, 0.3) is 10.9 Å². The lowest BCUT2D eigenvalue weighted by Crippen LogP contribution is -2.28. The third-order valence-corrected chi connectivity index (χ3v) is 6.29. The van der Waals surface area contributed by atoms with Gasteiger partial charge < -0.3 is 10.1 Å². The third-order valence-electron chi connectivity index (χ3n) is 5.73. The summed E-state index contributed by atoms with van der Waals surface area (Å²) in [5.74, 6) is 0.393. The van der Waals surface area contributed by atoms with Gasteiger partial charge in [-0.2, -0.15) is 0 Å².